The summed E-state index contributed by atoms with van der Waals surface area (Å²) >= 11 is 2.34. The van der Waals surface area contributed by atoms with E-state index in [9.17, 15) is 0 Å². The van der Waals surface area contributed by atoms with E-state index in [4.69, 9.17) is 0 Å². The molecule has 2 N–H and O–H groups in total. The molecule has 0 bridgehead atoms. The molecule has 22 heavy (non-hydrogen) atoms. The fraction of sp³-hybridized carbons (Fsp3) is 1.00. The van der Waals surface area contributed by atoms with Crippen LogP contribution in [-0.2, 0) is 0 Å². The number of hydrogen-bond donors (Lipinski definition) is 2. The second kappa shape index (κ2) is 7.00. The van der Waals surface area contributed by atoms with E-state index in [1.54, 1.807) is 0 Å². The van der Waals surface area contributed by atoms with Gasteiger partial charge in [0.2, 0.25) is 0 Å². The fourth-order valence-electron chi connectivity index (χ4n) is 5.21. The molecule has 1 saturated heterocycles. The van der Waals surface area contributed by atoms with Gasteiger partial charge in [-0.05, 0) is 71.1 Å². The predicted molar refractivity (Wildman–Crippen MR) is 97.6 cm³/mol. The number of fused-ring (bicyclic) bond motifs is 2. The van der Waals surface area contributed by atoms with Gasteiger partial charge in [-0.15, -0.1) is 0 Å². The lowest BCUT2D eigenvalue weighted by Crippen LogP contribution is -2.63. The van der Waals surface area contributed by atoms with Gasteiger partial charge < -0.3 is 15.5 Å². The Morgan fingerprint density at radius 2 is 1.64 bits per heavy atom. The first-order valence-corrected chi connectivity index (χ1v) is 10.2. The highest BCUT2D eigenvalue weighted by atomic mass is 32.2. The Balaban J connectivity index is 1.69. The molecule has 0 aromatic rings. The molecule has 4 heteroatoms. The van der Waals surface area contributed by atoms with E-state index in [1.807, 2.05) is 0 Å². The molecule has 3 nitrogen and oxygen atoms in total. The first-order chi connectivity index (χ1) is 10.5. The predicted octanol–water partition coefficient (Wildman–Crippen LogP) is 2.42. The number of hydrogen-bond acceptors (Lipinski definition) is 4. The van der Waals surface area contributed by atoms with Crippen molar-refractivity contribution in [1.29, 1.82) is 0 Å². The number of nitrogens with zero attached hydrogens (tertiary/aromatic N) is 1. The van der Waals surface area contributed by atoms with Gasteiger partial charge in [0.25, 0.3) is 0 Å². The quantitative estimate of drug-likeness (QED) is 0.833. The third-order valence-corrected chi connectivity index (χ3v) is 8.07. The zero-order chi connectivity index (χ0) is 15.9. The first kappa shape index (κ1) is 17.1. The van der Waals surface area contributed by atoms with Crippen LogP contribution >= 0.6 is 11.8 Å². The van der Waals surface area contributed by atoms with E-state index in [0.29, 0.717) is 0 Å². The zero-order valence-corrected chi connectivity index (χ0v) is 15.8. The van der Waals surface area contributed by atoms with Crippen molar-refractivity contribution in [2.75, 3.05) is 27.7 Å². The Kier molecular flexibility index (Phi) is 5.43. The Morgan fingerprint density at radius 1 is 1.00 bits per heavy atom. The van der Waals surface area contributed by atoms with Crippen molar-refractivity contribution in [2.45, 2.75) is 68.2 Å². The van der Waals surface area contributed by atoms with E-state index in [0.717, 1.165) is 46.4 Å². The van der Waals surface area contributed by atoms with E-state index in [-0.39, 0.29) is 0 Å². The molecule has 0 aromatic heterocycles. The Labute approximate surface area is 141 Å². The van der Waals surface area contributed by atoms with Crippen LogP contribution in [0.1, 0.15) is 39.5 Å². The first-order valence-electron chi connectivity index (χ1n) is 9.22. The Hall–Kier alpha value is 0.230. The van der Waals surface area contributed by atoms with Crippen molar-refractivity contribution in [3.8, 4) is 0 Å². The van der Waals surface area contributed by atoms with E-state index in [1.165, 1.54) is 32.2 Å². The second-order valence-electron chi connectivity index (χ2n) is 8.37. The van der Waals surface area contributed by atoms with Crippen molar-refractivity contribution in [3.05, 3.63) is 0 Å². The molecule has 3 fully saturated rings. The van der Waals surface area contributed by atoms with Gasteiger partial charge in [0, 0.05) is 28.6 Å². The van der Waals surface area contributed by atoms with Gasteiger partial charge in [0.1, 0.15) is 0 Å². The Morgan fingerprint density at radius 3 is 2.27 bits per heavy atom. The summed E-state index contributed by atoms with van der Waals surface area (Å²) in [5, 5.41) is 9.17. The van der Waals surface area contributed by atoms with Crippen LogP contribution in [-0.4, -0.2) is 61.2 Å². The molecule has 0 radical (unpaired) electrons. The van der Waals surface area contributed by atoms with Gasteiger partial charge in [-0.3, -0.25) is 0 Å². The van der Waals surface area contributed by atoms with Crippen LogP contribution in [0.2, 0.25) is 0 Å². The minimum absolute atomic E-state index is 0.741. The summed E-state index contributed by atoms with van der Waals surface area (Å²) in [4.78, 5) is 2.45. The third kappa shape index (κ3) is 3.35. The second-order valence-corrected chi connectivity index (χ2v) is 9.85. The van der Waals surface area contributed by atoms with Crippen molar-refractivity contribution < 1.29 is 0 Å². The lowest BCUT2D eigenvalue weighted by molar-refractivity contribution is 0.126. The standard InChI is InChI=1S/C18H35N3S/c1-11-6-13(10-19-3)8-15-17(11)20-18-12(2)7-14(21(4)5)9-16(18)22-15/h11-20H,6-10H2,1-5H3. The molecule has 0 spiro atoms. The van der Waals surface area contributed by atoms with Crippen LogP contribution in [0.4, 0.5) is 0 Å². The van der Waals surface area contributed by atoms with Crippen LogP contribution in [0.3, 0.4) is 0 Å². The summed E-state index contributed by atoms with van der Waals surface area (Å²) in [6, 6.07) is 2.26. The molecule has 0 aromatic carbocycles. The van der Waals surface area contributed by atoms with Crippen LogP contribution in [0, 0.1) is 17.8 Å². The number of thioether (sulfide) groups is 1. The molecule has 128 valence electrons. The van der Waals surface area contributed by atoms with Gasteiger partial charge in [-0.2, -0.15) is 11.8 Å². The molecule has 0 amide bonds. The summed E-state index contributed by atoms with van der Waals surface area (Å²) in [5.41, 5.74) is 0. The number of rotatable bonds is 3. The van der Waals surface area contributed by atoms with Crippen molar-refractivity contribution >= 4 is 11.8 Å². The summed E-state index contributed by atoms with van der Waals surface area (Å²) in [6.45, 7) is 6.14. The van der Waals surface area contributed by atoms with Crippen LogP contribution in [0.25, 0.3) is 0 Å². The Bertz CT molecular complexity index is 375. The highest BCUT2D eigenvalue weighted by Crippen LogP contribution is 2.46. The summed E-state index contributed by atoms with van der Waals surface area (Å²) in [7, 11) is 6.61. The summed E-state index contributed by atoms with van der Waals surface area (Å²) < 4.78 is 0. The minimum atomic E-state index is 0.741. The van der Waals surface area contributed by atoms with Gasteiger partial charge in [-0.1, -0.05) is 13.8 Å². The van der Waals surface area contributed by atoms with Gasteiger partial charge in [-0.25, -0.2) is 0 Å². The maximum Gasteiger partial charge on any atom is 0.0222 e. The van der Waals surface area contributed by atoms with Crippen LogP contribution in [0.15, 0.2) is 0 Å². The molecule has 1 aliphatic heterocycles. The average molecular weight is 326 g/mol. The topological polar surface area (TPSA) is 27.3 Å². The molecule has 8 atom stereocenters. The van der Waals surface area contributed by atoms with Gasteiger partial charge in [0.05, 0.1) is 0 Å². The lowest BCUT2D eigenvalue weighted by Gasteiger charge is -2.54. The number of nitrogens with one attached hydrogen (secondary N) is 2. The molecular formula is C18H35N3S. The molecule has 3 aliphatic rings. The van der Waals surface area contributed by atoms with Gasteiger partial charge in [0.15, 0.2) is 0 Å². The molecular weight excluding hydrogens is 290 g/mol. The highest BCUT2D eigenvalue weighted by Gasteiger charge is 2.47. The minimum Gasteiger partial charge on any atom is -0.319 e. The largest absolute Gasteiger partial charge is 0.319 e. The monoisotopic (exact) mass is 325 g/mol. The van der Waals surface area contributed by atoms with Crippen molar-refractivity contribution in [2.24, 2.45) is 17.8 Å². The van der Waals surface area contributed by atoms with E-state index >= 15 is 0 Å². The normalized spacial score (nSPS) is 48.8. The third-order valence-electron chi connectivity index (χ3n) is 6.40. The van der Waals surface area contributed by atoms with Crippen molar-refractivity contribution in [3.63, 3.8) is 0 Å². The average Bonchev–Trinajstić information content (AvgIpc) is 2.46. The van der Waals surface area contributed by atoms with Crippen LogP contribution in [0.5, 0.6) is 0 Å². The van der Waals surface area contributed by atoms with Gasteiger partial charge >= 0.3 is 0 Å². The molecule has 3 rings (SSSR count). The van der Waals surface area contributed by atoms with E-state index < -0.39 is 0 Å². The van der Waals surface area contributed by atoms with Crippen molar-refractivity contribution in [1.82, 2.24) is 15.5 Å². The molecule has 2 saturated carbocycles. The summed E-state index contributed by atoms with van der Waals surface area (Å²) in [5.74, 6) is 2.50. The van der Waals surface area contributed by atoms with Crippen LogP contribution < -0.4 is 10.6 Å². The maximum absolute atomic E-state index is 4.12. The summed E-state index contributed by atoms with van der Waals surface area (Å²) in [6.07, 6.45) is 5.52. The SMILES string of the molecule is CNCC1CC(C)C2NC3C(C)CC(N(C)C)CC3SC2C1. The molecule has 2 aliphatic carbocycles. The highest BCUT2D eigenvalue weighted by molar-refractivity contribution is 8.00. The van der Waals surface area contributed by atoms with E-state index in [2.05, 4.69) is 62.3 Å². The zero-order valence-electron chi connectivity index (χ0n) is 15.0. The fourth-order valence-corrected chi connectivity index (χ4v) is 7.41. The lowest BCUT2D eigenvalue weighted by atomic mass is 9.75. The smallest absolute Gasteiger partial charge is 0.0222 e. The maximum atomic E-state index is 4.12. The molecule has 1 heterocycles. The molecule has 8 unspecified atom stereocenters.